The van der Waals surface area contributed by atoms with Gasteiger partial charge in [-0.25, -0.2) is 0 Å². The van der Waals surface area contributed by atoms with Gasteiger partial charge in [-0.1, -0.05) is 6.07 Å². The summed E-state index contributed by atoms with van der Waals surface area (Å²) in [5, 5.41) is 18.8. The van der Waals surface area contributed by atoms with Gasteiger partial charge in [0.05, 0.1) is 18.1 Å². The summed E-state index contributed by atoms with van der Waals surface area (Å²) in [7, 11) is 1.43. The smallest absolute Gasteiger partial charge is 0.311 e. The van der Waals surface area contributed by atoms with Crippen molar-refractivity contribution in [2.75, 3.05) is 20.2 Å². The molecule has 7 heteroatoms. The molecule has 2 atom stereocenters. The molecule has 106 valence electrons. The van der Waals surface area contributed by atoms with Crippen LogP contribution in [0.25, 0.3) is 0 Å². The molecule has 1 fully saturated rings. The van der Waals surface area contributed by atoms with E-state index in [1.54, 1.807) is 12.1 Å². The SMILES string of the molecule is COc1ccc(C2NN=C3CCNCC32)cc1[N+](=O)[O-]. The van der Waals surface area contributed by atoms with Gasteiger partial charge >= 0.3 is 5.69 Å². The summed E-state index contributed by atoms with van der Waals surface area (Å²) in [6.45, 7) is 1.78. The summed E-state index contributed by atoms with van der Waals surface area (Å²) in [6, 6.07) is 5.06. The van der Waals surface area contributed by atoms with Crippen LogP contribution >= 0.6 is 0 Å². The Balaban J connectivity index is 1.91. The van der Waals surface area contributed by atoms with E-state index < -0.39 is 4.92 Å². The molecule has 1 saturated heterocycles. The highest BCUT2D eigenvalue weighted by molar-refractivity contribution is 5.90. The number of hydrogen-bond acceptors (Lipinski definition) is 6. The Bertz CT molecular complexity index is 573. The van der Waals surface area contributed by atoms with Crippen LogP contribution in [0, 0.1) is 16.0 Å². The molecule has 1 aromatic rings. The zero-order chi connectivity index (χ0) is 14.1. The van der Waals surface area contributed by atoms with E-state index >= 15 is 0 Å². The summed E-state index contributed by atoms with van der Waals surface area (Å²) in [4.78, 5) is 10.7. The number of nitro groups is 1. The number of piperidine rings is 1. The van der Waals surface area contributed by atoms with Crippen molar-refractivity contribution in [3.05, 3.63) is 33.9 Å². The maximum Gasteiger partial charge on any atom is 0.311 e. The summed E-state index contributed by atoms with van der Waals surface area (Å²) in [5.41, 5.74) is 5.10. The lowest BCUT2D eigenvalue weighted by atomic mass is 9.87. The Kier molecular flexibility index (Phi) is 3.27. The van der Waals surface area contributed by atoms with Crippen LogP contribution in [0.4, 0.5) is 5.69 Å². The third-order valence-electron chi connectivity index (χ3n) is 3.86. The zero-order valence-electron chi connectivity index (χ0n) is 11.1. The number of methoxy groups -OCH3 is 1. The van der Waals surface area contributed by atoms with E-state index in [1.165, 1.54) is 7.11 Å². The number of fused-ring (bicyclic) bond motifs is 1. The van der Waals surface area contributed by atoms with Crippen LogP contribution in [0.5, 0.6) is 5.75 Å². The van der Waals surface area contributed by atoms with Crippen LogP contribution < -0.4 is 15.5 Å². The number of nitrogens with one attached hydrogen (secondary N) is 2. The molecular weight excluding hydrogens is 260 g/mol. The number of hydrogen-bond donors (Lipinski definition) is 2. The molecule has 0 aliphatic carbocycles. The van der Waals surface area contributed by atoms with Crippen LogP contribution in [0.3, 0.4) is 0 Å². The molecule has 0 amide bonds. The Morgan fingerprint density at radius 1 is 1.50 bits per heavy atom. The van der Waals surface area contributed by atoms with Crippen molar-refractivity contribution in [1.29, 1.82) is 0 Å². The monoisotopic (exact) mass is 276 g/mol. The van der Waals surface area contributed by atoms with Gasteiger partial charge in [0.1, 0.15) is 0 Å². The molecule has 2 heterocycles. The van der Waals surface area contributed by atoms with Crippen LogP contribution in [0.2, 0.25) is 0 Å². The fraction of sp³-hybridized carbons (Fsp3) is 0.462. The summed E-state index contributed by atoms with van der Waals surface area (Å²) < 4.78 is 5.03. The minimum Gasteiger partial charge on any atom is -0.490 e. The van der Waals surface area contributed by atoms with E-state index in [0.29, 0.717) is 0 Å². The van der Waals surface area contributed by atoms with Crippen LogP contribution in [0.1, 0.15) is 18.0 Å². The third-order valence-corrected chi connectivity index (χ3v) is 3.86. The Labute approximate surface area is 116 Å². The normalized spacial score (nSPS) is 24.6. The first-order valence-electron chi connectivity index (χ1n) is 6.55. The summed E-state index contributed by atoms with van der Waals surface area (Å²) >= 11 is 0. The number of ether oxygens (including phenoxy) is 1. The van der Waals surface area contributed by atoms with Crippen molar-refractivity contribution < 1.29 is 9.66 Å². The molecule has 0 aromatic heterocycles. The van der Waals surface area contributed by atoms with Crippen LogP contribution in [0.15, 0.2) is 23.3 Å². The number of rotatable bonds is 3. The molecule has 0 bridgehead atoms. The van der Waals surface area contributed by atoms with Crippen LogP contribution in [-0.2, 0) is 0 Å². The van der Waals surface area contributed by atoms with E-state index in [-0.39, 0.29) is 23.4 Å². The minimum absolute atomic E-state index is 0.0102. The first-order valence-corrected chi connectivity index (χ1v) is 6.55. The lowest BCUT2D eigenvalue weighted by molar-refractivity contribution is -0.385. The Hall–Kier alpha value is -2.15. The average molecular weight is 276 g/mol. The first-order chi connectivity index (χ1) is 9.70. The van der Waals surface area contributed by atoms with Gasteiger partial charge in [-0.05, 0) is 11.6 Å². The van der Waals surface area contributed by atoms with Crippen LogP contribution in [-0.4, -0.2) is 30.8 Å². The fourth-order valence-corrected chi connectivity index (χ4v) is 2.82. The lowest BCUT2D eigenvalue weighted by Gasteiger charge is -2.25. The molecule has 0 spiro atoms. The zero-order valence-corrected chi connectivity index (χ0v) is 11.1. The van der Waals surface area contributed by atoms with E-state index in [2.05, 4.69) is 15.8 Å². The highest BCUT2D eigenvalue weighted by Crippen LogP contribution is 2.35. The number of nitrogens with zero attached hydrogens (tertiary/aromatic N) is 2. The first kappa shape index (κ1) is 12.9. The highest BCUT2D eigenvalue weighted by Gasteiger charge is 2.35. The molecule has 20 heavy (non-hydrogen) atoms. The van der Waals surface area contributed by atoms with Crippen molar-refractivity contribution in [2.45, 2.75) is 12.5 Å². The topological polar surface area (TPSA) is 88.8 Å². The maximum atomic E-state index is 11.1. The molecule has 2 aliphatic rings. The van der Waals surface area contributed by atoms with E-state index in [0.717, 1.165) is 30.8 Å². The molecule has 0 saturated carbocycles. The average Bonchev–Trinajstić information content (AvgIpc) is 2.90. The van der Waals surface area contributed by atoms with Gasteiger partial charge in [-0.3, -0.25) is 10.1 Å². The molecule has 7 nitrogen and oxygen atoms in total. The summed E-state index contributed by atoms with van der Waals surface area (Å²) in [6.07, 6.45) is 0.923. The molecule has 0 radical (unpaired) electrons. The molecule has 3 rings (SSSR count). The van der Waals surface area contributed by atoms with Crippen molar-refractivity contribution in [3.63, 3.8) is 0 Å². The third kappa shape index (κ3) is 2.09. The van der Waals surface area contributed by atoms with E-state index in [9.17, 15) is 10.1 Å². The quantitative estimate of drug-likeness (QED) is 0.640. The number of benzene rings is 1. The van der Waals surface area contributed by atoms with Gasteiger partial charge in [0, 0.05) is 37.2 Å². The predicted octanol–water partition coefficient (Wildman–Crippen LogP) is 1.21. The Morgan fingerprint density at radius 3 is 3.10 bits per heavy atom. The molecule has 2 unspecified atom stereocenters. The predicted molar refractivity (Wildman–Crippen MR) is 73.9 cm³/mol. The van der Waals surface area contributed by atoms with Crippen molar-refractivity contribution in [2.24, 2.45) is 11.0 Å². The number of hydrazone groups is 1. The van der Waals surface area contributed by atoms with Gasteiger partial charge in [-0.2, -0.15) is 5.10 Å². The fourth-order valence-electron chi connectivity index (χ4n) is 2.82. The summed E-state index contributed by atoms with van der Waals surface area (Å²) in [5.74, 6) is 0.538. The van der Waals surface area contributed by atoms with Gasteiger partial charge < -0.3 is 15.5 Å². The second kappa shape index (κ2) is 5.09. The second-order valence-electron chi connectivity index (χ2n) is 4.96. The highest BCUT2D eigenvalue weighted by atomic mass is 16.6. The lowest BCUT2D eigenvalue weighted by Crippen LogP contribution is -2.38. The van der Waals surface area contributed by atoms with Gasteiger partial charge in [0.15, 0.2) is 5.75 Å². The molecule has 2 aliphatic heterocycles. The van der Waals surface area contributed by atoms with Gasteiger partial charge in [0.25, 0.3) is 0 Å². The van der Waals surface area contributed by atoms with E-state index in [1.807, 2.05) is 6.07 Å². The van der Waals surface area contributed by atoms with Crippen molar-refractivity contribution in [3.8, 4) is 5.75 Å². The molecular formula is C13H16N4O3. The Morgan fingerprint density at radius 2 is 2.35 bits per heavy atom. The van der Waals surface area contributed by atoms with Gasteiger partial charge in [0.2, 0.25) is 0 Å². The molecule has 2 N–H and O–H groups in total. The van der Waals surface area contributed by atoms with E-state index in [4.69, 9.17) is 4.74 Å². The molecule has 1 aromatic carbocycles. The minimum atomic E-state index is -0.418. The number of nitro benzene ring substituents is 1. The standard InChI is InChI=1S/C13H16N4O3/c1-20-12-3-2-8(6-11(12)17(18)19)13-9-7-14-5-4-10(9)15-16-13/h2-3,6,9,13-14,16H,4-5,7H2,1H3. The maximum absolute atomic E-state index is 11.1. The van der Waals surface area contributed by atoms with Crippen molar-refractivity contribution >= 4 is 11.4 Å². The second-order valence-corrected chi connectivity index (χ2v) is 4.96. The largest absolute Gasteiger partial charge is 0.490 e. The van der Waals surface area contributed by atoms with Crippen molar-refractivity contribution in [1.82, 2.24) is 10.7 Å². The van der Waals surface area contributed by atoms with Gasteiger partial charge in [-0.15, -0.1) is 0 Å².